The van der Waals surface area contributed by atoms with Crippen molar-refractivity contribution >= 4 is 27.6 Å². The normalized spacial score (nSPS) is 11.0. The Morgan fingerprint density at radius 1 is 0.917 bits per heavy atom. The SMILES string of the molecule is COC(=O)c1ccc2ccn(Cc3ccc4ccccc4c3)c2c1. The minimum absolute atomic E-state index is 0.310. The second-order valence-electron chi connectivity index (χ2n) is 5.89. The van der Waals surface area contributed by atoms with E-state index in [1.165, 1.54) is 23.4 Å². The zero-order valence-electron chi connectivity index (χ0n) is 13.4. The number of esters is 1. The molecule has 1 aromatic heterocycles. The maximum atomic E-state index is 11.8. The van der Waals surface area contributed by atoms with Gasteiger partial charge in [0.15, 0.2) is 0 Å². The molecule has 24 heavy (non-hydrogen) atoms. The fraction of sp³-hybridized carbons (Fsp3) is 0.0952. The van der Waals surface area contributed by atoms with E-state index < -0.39 is 0 Å². The Morgan fingerprint density at radius 2 is 1.71 bits per heavy atom. The van der Waals surface area contributed by atoms with Crippen molar-refractivity contribution in [1.82, 2.24) is 4.57 Å². The Bertz CT molecular complexity index is 1050. The third-order valence-corrected chi connectivity index (χ3v) is 4.36. The van der Waals surface area contributed by atoms with Gasteiger partial charge in [-0.3, -0.25) is 0 Å². The van der Waals surface area contributed by atoms with Gasteiger partial charge in [-0.05, 0) is 46.0 Å². The number of carbonyl (C=O) groups excluding carboxylic acids is 1. The number of aromatic nitrogens is 1. The van der Waals surface area contributed by atoms with E-state index in [2.05, 4.69) is 59.3 Å². The van der Waals surface area contributed by atoms with Crippen molar-refractivity contribution in [2.75, 3.05) is 7.11 Å². The highest BCUT2D eigenvalue weighted by Crippen LogP contribution is 2.21. The molecule has 0 spiro atoms. The first-order valence-electron chi connectivity index (χ1n) is 7.89. The summed E-state index contributed by atoms with van der Waals surface area (Å²) >= 11 is 0. The van der Waals surface area contributed by atoms with E-state index in [1.54, 1.807) is 6.07 Å². The third kappa shape index (κ3) is 2.54. The first-order chi connectivity index (χ1) is 11.7. The summed E-state index contributed by atoms with van der Waals surface area (Å²) in [5.74, 6) is -0.310. The van der Waals surface area contributed by atoms with E-state index in [-0.39, 0.29) is 5.97 Å². The number of hydrogen-bond donors (Lipinski definition) is 0. The standard InChI is InChI=1S/C21H17NO2/c1-24-21(23)19-9-8-17-10-11-22(20(17)13-19)14-15-6-7-16-4-2-3-5-18(16)12-15/h2-13H,14H2,1H3. The molecule has 4 rings (SSSR count). The molecule has 3 nitrogen and oxygen atoms in total. The second-order valence-corrected chi connectivity index (χ2v) is 5.89. The van der Waals surface area contributed by atoms with Gasteiger partial charge in [-0.15, -0.1) is 0 Å². The minimum atomic E-state index is -0.310. The number of fused-ring (bicyclic) bond motifs is 2. The molecular weight excluding hydrogens is 298 g/mol. The van der Waals surface area contributed by atoms with Crippen LogP contribution in [0.1, 0.15) is 15.9 Å². The topological polar surface area (TPSA) is 31.2 Å². The largest absolute Gasteiger partial charge is 0.465 e. The molecule has 0 amide bonds. The lowest BCUT2D eigenvalue weighted by molar-refractivity contribution is 0.0601. The second kappa shape index (κ2) is 5.85. The smallest absolute Gasteiger partial charge is 0.337 e. The number of rotatable bonds is 3. The summed E-state index contributed by atoms with van der Waals surface area (Å²) in [5, 5.41) is 3.59. The Kier molecular flexibility index (Phi) is 3.54. The first-order valence-corrected chi connectivity index (χ1v) is 7.89. The van der Waals surface area contributed by atoms with Gasteiger partial charge in [-0.1, -0.05) is 42.5 Å². The van der Waals surface area contributed by atoms with Gasteiger partial charge < -0.3 is 9.30 Å². The molecule has 0 unspecified atom stereocenters. The van der Waals surface area contributed by atoms with Crippen LogP contribution in [0.15, 0.2) is 72.9 Å². The lowest BCUT2D eigenvalue weighted by Crippen LogP contribution is -2.02. The summed E-state index contributed by atoms with van der Waals surface area (Å²) < 4.78 is 6.98. The van der Waals surface area contributed by atoms with E-state index in [9.17, 15) is 4.79 Å². The van der Waals surface area contributed by atoms with Crippen molar-refractivity contribution in [3.63, 3.8) is 0 Å². The van der Waals surface area contributed by atoms with Gasteiger partial charge in [0.1, 0.15) is 0 Å². The van der Waals surface area contributed by atoms with Gasteiger partial charge in [0.25, 0.3) is 0 Å². The molecule has 0 bridgehead atoms. The van der Waals surface area contributed by atoms with E-state index >= 15 is 0 Å². The molecule has 0 atom stereocenters. The van der Waals surface area contributed by atoms with Crippen LogP contribution in [-0.4, -0.2) is 17.6 Å². The first kappa shape index (κ1) is 14.5. The number of ether oxygens (including phenoxy) is 1. The van der Waals surface area contributed by atoms with Crippen LogP contribution < -0.4 is 0 Å². The van der Waals surface area contributed by atoms with Crippen LogP contribution in [0.5, 0.6) is 0 Å². The summed E-state index contributed by atoms with van der Waals surface area (Å²) in [7, 11) is 1.40. The predicted octanol–water partition coefficient (Wildman–Crippen LogP) is 4.63. The van der Waals surface area contributed by atoms with Crippen molar-refractivity contribution in [1.29, 1.82) is 0 Å². The molecule has 0 aliphatic heterocycles. The number of nitrogens with zero attached hydrogens (tertiary/aromatic N) is 1. The average Bonchev–Trinajstić information content (AvgIpc) is 3.03. The van der Waals surface area contributed by atoms with Gasteiger partial charge in [-0.2, -0.15) is 0 Å². The summed E-state index contributed by atoms with van der Waals surface area (Å²) in [6.07, 6.45) is 2.06. The van der Waals surface area contributed by atoms with Gasteiger partial charge in [-0.25, -0.2) is 4.79 Å². The Hall–Kier alpha value is -3.07. The maximum Gasteiger partial charge on any atom is 0.337 e. The number of hydrogen-bond acceptors (Lipinski definition) is 2. The van der Waals surface area contributed by atoms with Crippen LogP contribution in [0.2, 0.25) is 0 Å². The zero-order chi connectivity index (χ0) is 16.5. The highest BCUT2D eigenvalue weighted by Gasteiger charge is 2.09. The van der Waals surface area contributed by atoms with Crippen molar-refractivity contribution in [3.05, 3.63) is 84.1 Å². The van der Waals surface area contributed by atoms with Gasteiger partial charge >= 0.3 is 5.97 Å². The molecule has 0 saturated heterocycles. The van der Waals surface area contributed by atoms with E-state index in [0.29, 0.717) is 5.56 Å². The van der Waals surface area contributed by atoms with E-state index in [1.807, 2.05) is 12.1 Å². The monoisotopic (exact) mass is 315 g/mol. The van der Waals surface area contributed by atoms with Crippen LogP contribution in [0.3, 0.4) is 0 Å². The Balaban J connectivity index is 1.73. The Labute approximate surface area is 140 Å². The predicted molar refractivity (Wildman–Crippen MR) is 96.3 cm³/mol. The highest BCUT2D eigenvalue weighted by atomic mass is 16.5. The lowest BCUT2D eigenvalue weighted by Gasteiger charge is -2.08. The summed E-state index contributed by atoms with van der Waals surface area (Å²) in [6, 6.07) is 22.6. The van der Waals surface area contributed by atoms with Crippen LogP contribution in [0.25, 0.3) is 21.7 Å². The zero-order valence-corrected chi connectivity index (χ0v) is 13.4. The molecule has 4 aromatic rings. The van der Waals surface area contributed by atoms with Crippen LogP contribution in [0.4, 0.5) is 0 Å². The molecule has 0 fully saturated rings. The van der Waals surface area contributed by atoms with Crippen LogP contribution in [-0.2, 0) is 11.3 Å². The number of methoxy groups -OCH3 is 1. The molecular formula is C21H17NO2. The Morgan fingerprint density at radius 3 is 2.54 bits per heavy atom. The fourth-order valence-electron chi connectivity index (χ4n) is 3.10. The molecule has 1 heterocycles. The minimum Gasteiger partial charge on any atom is -0.465 e. The summed E-state index contributed by atoms with van der Waals surface area (Å²) in [4.78, 5) is 11.8. The van der Waals surface area contributed by atoms with Gasteiger partial charge in [0, 0.05) is 18.3 Å². The van der Waals surface area contributed by atoms with E-state index in [4.69, 9.17) is 4.74 Å². The molecule has 0 radical (unpaired) electrons. The molecule has 0 saturated carbocycles. The molecule has 3 heteroatoms. The average molecular weight is 315 g/mol. The fourth-order valence-corrected chi connectivity index (χ4v) is 3.10. The molecule has 0 aliphatic rings. The number of benzene rings is 3. The van der Waals surface area contributed by atoms with Gasteiger partial charge in [0.05, 0.1) is 12.7 Å². The summed E-state index contributed by atoms with van der Waals surface area (Å²) in [6.45, 7) is 0.763. The quantitative estimate of drug-likeness (QED) is 0.516. The number of carbonyl (C=O) groups is 1. The van der Waals surface area contributed by atoms with Crippen molar-refractivity contribution in [3.8, 4) is 0 Å². The molecule has 118 valence electrons. The third-order valence-electron chi connectivity index (χ3n) is 4.36. The van der Waals surface area contributed by atoms with E-state index in [0.717, 1.165) is 17.4 Å². The molecule has 3 aromatic carbocycles. The molecule has 0 aliphatic carbocycles. The summed E-state index contributed by atoms with van der Waals surface area (Å²) in [5.41, 5.74) is 2.84. The van der Waals surface area contributed by atoms with Crippen molar-refractivity contribution in [2.24, 2.45) is 0 Å². The van der Waals surface area contributed by atoms with Crippen molar-refractivity contribution in [2.45, 2.75) is 6.54 Å². The molecule has 0 N–H and O–H groups in total. The van der Waals surface area contributed by atoms with Crippen LogP contribution in [0, 0.1) is 0 Å². The lowest BCUT2D eigenvalue weighted by atomic mass is 10.1. The van der Waals surface area contributed by atoms with Crippen LogP contribution >= 0.6 is 0 Å². The maximum absolute atomic E-state index is 11.8. The van der Waals surface area contributed by atoms with Crippen molar-refractivity contribution < 1.29 is 9.53 Å². The van der Waals surface area contributed by atoms with Gasteiger partial charge in [0.2, 0.25) is 0 Å². The highest BCUT2D eigenvalue weighted by molar-refractivity contribution is 5.94.